The molecule has 0 radical (unpaired) electrons. The molecule has 7 nitrogen and oxygen atoms in total. The van der Waals surface area contributed by atoms with Crippen molar-refractivity contribution in [1.29, 1.82) is 0 Å². The van der Waals surface area contributed by atoms with E-state index in [9.17, 15) is 4.79 Å². The lowest BCUT2D eigenvalue weighted by molar-refractivity contribution is 0.102. The lowest BCUT2D eigenvalue weighted by Gasteiger charge is -2.19. The molecule has 1 atom stereocenters. The maximum Gasteiger partial charge on any atom is 0.258 e. The second-order valence-electron chi connectivity index (χ2n) is 5.56. The van der Waals surface area contributed by atoms with E-state index in [4.69, 9.17) is 9.47 Å². The van der Waals surface area contributed by atoms with Crippen molar-refractivity contribution in [3.63, 3.8) is 0 Å². The summed E-state index contributed by atoms with van der Waals surface area (Å²) in [5, 5.41) is 5.96. The van der Waals surface area contributed by atoms with Crippen LogP contribution in [0.15, 0.2) is 30.6 Å². The molecule has 3 rings (SSSR count). The molecule has 1 unspecified atom stereocenters. The highest BCUT2D eigenvalue weighted by Gasteiger charge is 2.14. The Hall–Kier alpha value is -2.83. The van der Waals surface area contributed by atoms with Crippen molar-refractivity contribution in [2.45, 2.75) is 26.3 Å². The number of anilines is 2. The predicted octanol–water partition coefficient (Wildman–Crippen LogP) is 2.71. The topological polar surface area (TPSA) is 85.4 Å². The van der Waals surface area contributed by atoms with Gasteiger partial charge in [-0.05, 0) is 25.5 Å². The summed E-state index contributed by atoms with van der Waals surface area (Å²) < 4.78 is 11.0. The minimum Gasteiger partial charge on any atom is -0.486 e. The van der Waals surface area contributed by atoms with Gasteiger partial charge in [-0.1, -0.05) is 6.92 Å². The normalized spacial score (nSPS) is 13.9. The van der Waals surface area contributed by atoms with Crippen LogP contribution in [-0.4, -0.2) is 35.1 Å². The summed E-state index contributed by atoms with van der Waals surface area (Å²) in [7, 11) is 0. The minimum atomic E-state index is -0.276. The van der Waals surface area contributed by atoms with E-state index < -0.39 is 0 Å². The molecule has 1 aliphatic heterocycles. The van der Waals surface area contributed by atoms with Crippen molar-refractivity contribution >= 4 is 17.5 Å². The number of benzene rings is 1. The predicted molar refractivity (Wildman–Crippen MR) is 90.8 cm³/mol. The van der Waals surface area contributed by atoms with E-state index in [1.54, 1.807) is 18.2 Å². The molecule has 24 heavy (non-hydrogen) atoms. The first kappa shape index (κ1) is 16.0. The molecule has 0 bridgehead atoms. The van der Waals surface area contributed by atoms with Gasteiger partial charge in [-0.2, -0.15) is 0 Å². The second kappa shape index (κ2) is 7.16. The molecular weight excluding hydrogens is 308 g/mol. The van der Waals surface area contributed by atoms with Gasteiger partial charge in [0.15, 0.2) is 11.5 Å². The van der Waals surface area contributed by atoms with Crippen LogP contribution in [0.4, 0.5) is 11.6 Å². The number of hydrogen-bond acceptors (Lipinski definition) is 6. The third kappa shape index (κ3) is 3.73. The smallest absolute Gasteiger partial charge is 0.258 e. The van der Waals surface area contributed by atoms with Crippen LogP contribution in [0.2, 0.25) is 0 Å². The van der Waals surface area contributed by atoms with Gasteiger partial charge in [-0.25, -0.2) is 9.97 Å². The van der Waals surface area contributed by atoms with Crippen LogP contribution >= 0.6 is 0 Å². The van der Waals surface area contributed by atoms with E-state index >= 15 is 0 Å². The third-order valence-electron chi connectivity index (χ3n) is 3.70. The molecule has 2 N–H and O–H groups in total. The van der Waals surface area contributed by atoms with Crippen LogP contribution in [0.1, 0.15) is 30.6 Å². The van der Waals surface area contributed by atoms with Gasteiger partial charge in [0.2, 0.25) is 5.95 Å². The summed E-state index contributed by atoms with van der Waals surface area (Å²) in [6, 6.07) is 5.57. The Balaban J connectivity index is 1.66. The molecule has 0 saturated carbocycles. The number of nitrogens with zero attached hydrogens (tertiary/aromatic N) is 2. The largest absolute Gasteiger partial charge is 0.486 e. The maximum absolute atomic E-state index is 12.3. The van der Waals surface area contributed by atoms with Crippen LogP contribution in [0.5, 0.6) is 11.5 Å². The van der Waals surface area contributed by atoms with Crippen molar-refractivity contribution in [2.24, 2.45) is 0 Å². The van der Waals surface area contributed by atoms with Crippen LogP contribution in [-0.2, 0) is 0 Å². The molecule has 0 spiro atoms. The number of carbonyl (C=O) groups is 1. The van der Waals surface area contributed by atoms with Gasteiger partial charge in [-0.3, -0.25) is 4.79 Å². The number of aromatic nitrogens is 2. The van der Waals surface area contributed by atoms with Crippen molar-refractivity contribution in [1.82, 2.24) is 9.97 Å². The number of amides is 1. The Labute approximate surface area is 140 Å². The van der Waals surface area contributed by atoms with Gasteiger partial charge in [0.1, 0.15) is 13.2 Å². The molecular formula is C17H20N4O3. The SMILES string of the molecule is CCC(C)Nc1ncc(C(=O)Nc2ccc3c(c2)OCCO3)cn1. The number of rotatable bonds is 5. The van der Waals surface area contributed by atoms with Gasteiger partial charge >= 0.3 is 0 Å². The molecule has 1 amide bonds. The van der Waals surface area contributed by atoms with E-state index in [2.05, 4.69) is 27.5 Å². The third-order valence-corrected chi connectivity index (χ3v) is 3.70. The fraction of sp³-hybridized carbons (Fsp3) is 0.353. The minimum absolute atomic E-state index is 0.276. The van der Waals surface area contributed by atoms with E-state index in [1.807, 2.05) is 6.92 Å². The zero-order valence-electron chi connectivity index (χ0n) is 13.7. The highest BCUT2D eigenvalue weighted by molar-refractivity contribution is 6.04. The van der Waals surface area contributed by atoms with Crippen molar-refractivity contribution < 1.29 is 14.3 Å². The first-order chi connectivity index (χ1) is 11.7. The standard InChI is InChI=1S/C17H20N4O3/c1-3-11(2)20-17-18-9-12(10-19-17)16(22)21-13-4-5-14-15(8-13)24-7-6-23-14/h4-5,8-11H,3,6-7H2,1-2H3,(H,21,22)(H,18,19,20). The van der Waals surface area contributed by atoms with Crippen LogP contribution in [0, 0.1) is 0 Å². The van der Waals surface area contributed by atoms with Crippen LogP contribution < -0.4 is 20.1 Å². The summed E-state index contributed by atoms with van der Waals surface area (Å²) in [5.74, 6) is 1.55. The molecule has 126 valence electrons. The average molecular weight is 328 g/mol. The van der Waals surface area contributed by atoms with Gasteiger partial charge in [0.05, 0.1) is 5.56 Å². The molecule has 2 aromatic rings. The van der Waals surface area contributed by atoms with E-state index in [1.165, 1.54) is 12.4 Å². The van der Waals surface area contributed by atoms with Gasteiger partial charge in [-0.15, -0.1) is 0 Å². The van der Waals surface area contributed by atoms with Gasteiger partial charge in [0, 0.05) is 30.2 Å². The first-order valence-electron chi connectivity index (χ1n) is 7.95. The molecule has 1 aliphatic rings. The average Bonchev–Trinajstić information content (AvgIpc) is 2.62. The van der Waals surface area contributed by atoms with Gasteiger partial charge < -0.3 is 20.1 Å². The summed E-state index contributed by atoms with van der Waals surface area (Å²) in [5.41, 5.74) is 1.02. The van der Waals surface area contributed by atoms with Crippen molar-refractivity contribution in [3.8, 4) is 11.5 Å². The van der Waals surface area contributed by atoms with Crippen LogP contribution in [0.3, 0.4) is 0 Å². The lowest BCUT2D eigenvalue weighted by Crippen LogP contribution is -2.18. The Morgan fingerprint density at radius 2 is 1.92 bits per heavy atom. The van der Waals surface area contributed by atoms with Gasteiger partial charge in [0.25, 0.3) is 5.91 Å². The Morgan fingerprint density at radius 1 is 1.21 bits per heavy atom. The Morgan fingerprint density at radius 3 is 2.62 bits per heavy atom. The molecule has 7 heteroatoms. The fourth-order valence-electron chi connectivity index (χ4n) is 2.17. The van der Waals surface area contributed by atoms with Crippen molar-refractivity contribution in [2.75, 3.05) is 23.8 Å². The van der Waals surface area contributed by atoms with Crippen LogP contribution in [0.25, 0.3) is 0 Å². The number of carbonyl (C=O) groups excluding carboxylic acids is 1. The molecule has 1 aromatic heterocycles. The highest BCUT2D eigenvalue weighted by Crippen LogP contribution is 2.32. The monoisotopic (exact) mass is 328 g/mol. The number of nitrogens with one attached hydrogen (secondary N) is 2. The molecule has 0 fully saturated rings. The van der Waals surface area contributed by atoms with E-state index in [0.29, 0.717) is 41.9 Å². The first-order valence-corrected chi connectivity index (χ1v) is 7.95. The van der Waals surface area contributed by atoms with Crippen molar-refractivity contribution in [3.05, 3.63) is 36.2 Å². The quantitative estimate of drug-likeness (QED) is 0.878. The van der Waals surface area contributed by atoms with E-state index in [0.717, 1.165) is 6.42 Å². The lowest BCUT2D eigenvalue weighted by atomic mass is 10.2. The number of ether oxygens (including phenoxy) is 2. The molecule has 1 aromatic carbocycles. The zero-order valence-corrected chi connectivity index (χ0v) is 13.7. The number of fused-ring (bicyclic) bond motifs is 1. The fourth-order valence-corrected chi connectivity index (χ4v) is 2.17. The molecule has 0 saturated heterocycles. The summed E-state index contributed by atoms with van der Waals surface area (Å²) >= 11 is 0. The van der Waals surface area contributed by atoms with E-state index in [-0.39, 0.29) is 11.9 Å². The zero-order chi connectivity index (χ0) is 16.9. The Kier molecular flexibility index (Phi) is 4.79. The maximum atomic E-state index is 12.3. The second-order valence-corrected chi connectivity index (χ2v) is 5.56. The summed E-state index contributed by atoms with van der Waals surface area (Å²) in [6.07, 6.45) is 3.98. The number of hydrogen-bond donors (Lipinski definition) is 2. The Bertz CT molecular complexity index is 718. The highest BCUT2D eigenvalue weighted by atomic mass is 16.6. The summed E-state index contributed by atoms with van der Waals surface area (Å²) in [6.45, 7) is 5.16. The molecule has 0 aliphatic carbocycles. The summed E-state index contributed by atoms with van der Waals surface area (Å²) in [4.78, 5) is 20.6. The molecule has 2 heterocycles.